The summed E-state index contributed by atoms with van der Waals surface area (Å²) in [5.74, 6) is -0.950. The largest absolute Gasteiger partial charge is 0.496 e. The van der Waals surface area contributed by atoms with E-state index in [1.165, 1.54) is 0 Å². The Kier molecular flexibility index (Phi) is 18.3. The van der Waals surface area contributed by atoms with Gasteiger partial charge in [-0.25, -0.2) is 0 Å². The molecule has 0 unspecified atom stereocenters. The Hall–Kier alpha value is -1.95. The third-order valence-electron chi connectivity index (χ3n) is 14.8. The zero-order chi connectivity index (χ0) is 46.5. The Morgan fingerprint density at radius 2 is 1.58 bits per heavy atom. The van der Waals surface area contributed by atoms with Gasteiger partial charge in [-0.05, 0) is 121 Å². The first kappa shape index (κ1) is 52.7. The standard InChI is InChI=1S/C48H85N3O11/c1-17-35-23-22-30(2)27-46(9,54)42(62-44-40(52)37(49(11)12)26-31(3)58-44)32(4)41(33(5)43(53)60-35)61-39-28-47(10,57-16)48(55,34(6)59-39)29-50(13)24-25-51(14)45(7,8)36-20-18-19-21-38(36)56-15/h18-21,30-35,37,39-42,44,52,54-55H,17,22-29H2,1-16H3/t30-,31+,32-,33+,34-,35+,37-,39-,40+,41-,42+,44-,46-,47+,48+/m0/s1. The van der Waals surface area contributed by atoms with Crippen molar-refractivity contribution < 1.29 is 53.3 Å². The molecule has 3 fully saturated rings. The lowest BCUT2D eigenvalue weighted by molar-refractivity contribution is -0.339. The average Bonchev–Trinajstić information content (AvgIpc) is 3.21. The van der Waals surface area contributed by atoms with Crippen molar-refractivity contribution in [2.45, 2.75) is 185 Å². The van der Waals surface area contributed by atoms with Crippen LogP contribution >= 0.6 is 0 Å². The lowest BCUT2D eigenvalue weighted by atomic mass is 9.74. The first-order chi connectivity index (χ1) is 28.8. The Balaban J connectivity index is 1.61. The van der Waals surface area contributed by atoms with Crippen LogP contribution in [-0.4, -0.2) is 170 Å². The monoisotopic (exact) mass is 880 g/mol. The van der Waals surface area contributed by atoms with E-state index in [4.69, 9.17) is 33.2 Å². The van der Waals surface area contributed by atoms with Gasteiger partial charge < -0.3 is 58.3 Å². The predicted octanol–water partition coefficient (Wildman–Crippen LogP) is 5.43. The third-order valence-corrected chi connectivity index (χ3v) is 14.8. The van der Waals surface area contributed by atoms with E-state index in [0.29, 0.717) is 38.8 Å². The number of rotatable bonds is 15. The van der Waals surface area contributed by atoms with Crippen molar-refractivity contribution in [2.75, 3.05) is 62.0 Å². The fourth-order valence-corrected chi connectivity index (χ4v) is 10.2. The molecule has 14 nitrogen and oxygen atoms in total. The molecule has 14 heteroatoms. The second-order valence-corrected chi connectivity index (χ2v) is 20.3. The molecule has 0 aromatic heterocycles. The fraction of sp³-hybridized carbons (Fsp3) is 0.854. The maximum absolute atomic E-state index is 14.1. The summed E-state index contributed by atoms with van der Waals surface area (Å²) in [6.45, 7) is 21.2. The van der Waals surface area contributed by atoms with Gasteiger partial charge in [0.05, 0.1) is 43.0 Å². The van der Waals surface area contributed by atoms with E-state index in [0.717, 1.165) is 17.7 Å². The summed E-state index contributed by atoms with van der Waals surface area (Å²) in [5.41, 5.74) is -3.23. The highest BCUT2D eigenvalue weighted by molar-refractivity contribution is 5.73. The van der Waals surface area contributed by atoms with Crippen LogP contribution in [0.25, 0.3) is 0 Å². The van der Waals surface area contributed by atoms with E-state index >= 15 is 0 Å². The van der Waals surface area contributed by atoms with Crippen molar-refractivity contribution in [3.05, 3.63) is 29.8 Å². The molecule has 0 amide bonds. The van der Waals surface area contributed by atoms with Crippen LogP contribution in [0.3, 0.4) is 0 Å². The first-order valence-electron chi connectivity index (χ1n) is 23.1. The number of benzene rings is 1. The number of para-hydroxylation sites is 1. The van der Waals surface area contributed by atoms with Gasteiger partial charge in [-0.15, -0.1) is 0 Å². The number of esters is 1. The van der Waals surface area contributed by atoms with Gasteiger partial charge in [0.15, 0.2) is 12.6 Å². The number of carbonyl (C=O) groups is 1. The highest BCUT2D eigenvalue weighted by atomic mass is 16.7. The molecule has 0 aliphatic carbocycles. The Morgan fingerprint density at radius 1 is 0.919 bits per heavy atom. The van der Waals surface area contributed by atoms with E-state index in [9.17, 15) is 20.1 Å². The van der Waals surface area contributed by atoms with Crippen LogP contribution in [0, 0.1) is 17.8 Å². The number of aliphatic hydroxyl groups excluding tert-OH is 1. The summed E-state index contributed by atoms with van der Waals surface area (Å²) in [6.07, 6.45) is -2.78. The van der Waals surface area contributed by atoms with Crippen LogP contribution in [0.1, 0.15) is 113 Å². The maximum atomic E-state index is 14.1. The smallest absolute Gasteiger partial charge is 0.311 e. The highest BCUT2D eigenvalue weighted by Crippen LogP contribution is 2.44. The third kappa shape index (κ3) is 11.9. The molecule has 358 valence electrons. The van der Waals surface area contributed by atoms with Gasteiger partial charge in [0, 0.05) is 56.2 Å². The van der Waals surface area contributed by atoms with Gasteiger partial charge in [-0.2, -0.15) is 0 Å². The minimum atomic E-state index is -1.45. The summed E-state index contributed by atoms with van der Waals surface area (Å²) < 4.78 is 44.6. The van der Waals surface area contributed by atoms with E-state index in [1.54, 1.807) is 28.1 Å². The molecule has 3 N–H and O–H groups in total. The minimum Gasteiger partial charge on any atom is -0.496 e. The molecule has 3 aliphatic rings. The molecule has 1 aromatic rings. The fourth-order valence-electron chi connectivity index (χ4n) is 10.2. The zero-order valence-corrected chi connectivity index (χ0v) is 41.1. The molecule has 62 heavy (non-hydrogen) atoms. The predicted molar refractivity (Wildman–Crippen MR) is 240 cm³/mol. The van der Waals surface area contributed by atoms with Crippen LogP contribution in [-0.2, 0) is 38.8 Å². The molecule has 3 saturated heterocycles. The number of nitrogens with zero attached hydrogens (tertiary/aromatic N) is 3. The molecule has 0 bridgehead atoms. The molecule has 0 spiro atoms. The normalized spacial score (nSPS) is 39.4. The topological polar surface area (TPSA) is 152 Å². The van der Waals surface area contributed by atoms with E-state index in [-0.39, 0.29) is 42.7 Å². The number of likely N-dealkylation sites (N-methyl/N-ethyl adjacent to an activating group) is 3. The number of carbonyl (C=O) groups excluding carboxylic acids is 1. The van der Waals surface area contributed by atoms with Gasteiger partial charge in [-0.1, -0.05) is 39.0 Å². The molecular weight excluding hydrogens is 795 g/mol. The molecule has 3 aliphatic heterocycles. The molecule has 1 aromatic carbocycles. The van der Waals surface area contributed by atoms with E-state index in [2.05, 4.69) is 43.7 Å². The van der Waals surface area contributed by atoms with Crippen molar-refractivity contribution in [3.63, 3.8) is 0 Å². The van der Waals surface area contributed by atoms with E-state index in [1.807, 2.05) is 78.9 Å². The lowest BCUT2D eigenvalue weighted by Gasteiger charge is -2.54. The second kappa shape index (κ2) is 21.6. The van der Waals surface area contributed by atoms with Crippen LogP contribution in [0.15, 0.2) is 24.3 Å². The summed E-state index contributed by atoms with van der Waals surface area (Å²) in [5, 5.41) is 36.7. The Morgan fingerprint density at radius 3 is 2.19 bits per heavy atom. The Labute approximate surface area is 373 Å². The molecule has 4 rings (SSSR count). The van der Waals surface area contributed by atoms with Crippen molar-refractivity contribution in [1.29, 1.82) is 0 Å². The molecular formula is C48H85N3O11. The molecule has 3 heterocycles. The van der Waals surface area contributed by atoms with Crippen LogP contribution in [0.4, 0.5) is 0 Å². The molecule has 0 saturated carbocycles. The summed E-state index contributed by atoms with van der Waals surface area (Å²) in [4.78, 5) is 20.5. The average molecular weight is 880 g/mol. The van der Waals surface area contributed by atoms with Crippen molar-refractivity contribution in [3.8, 4) is 5.75 Å². The van der Waals surface area contributed by atoms with Gasteiger partial charge in [0.2, 0.25) is 0 Å². The summed E-state index contributed by atoms with van der Waals surface area (Å²) >= 11 is 0. The van der Waals surface area contributed by atoms with Crippen LogP contribution in [0.2, 0.25) is 0 Å². The number of methoxy groups -OCH3 is 2. The number of hydrogen-bond acceptors (Lipinski definition) is 14. The lowest BCUT2D eigenvalue weighted by Crippen LogP contribution is -2.70. The summed E-state index contributed by atoms with van der Waals surface area (Å²) in [6, 6.07) is 7.83. The van der Waals surface area contributed by atoms with Gasteiger partial charge in [0.25, 0.3) is 0 Å². The molecule has 0 radical (unpaired) electrons. The van der Waals surface area contributed by atoms with Crippen LogP contribution < -0.4 is 4.74 Å². The summed E-state index contributed by atoms with van der Waals surface area (Å²) in [7, 11) is 11.2. The van der Waals surface area contributed by atoms with E-state index < -0.39 is 71.6 Å². The number of hydrogen-bond donors (Lipinski definition) is 3. The van der Waals surface area contributed by atoms with Gasteiger partial charge >= 0.3 is 5.97 Å². The number of ether oxygens (including phenoxy) is 7. The van der Waals surface area contributed by atoms with Crippen molar-refractivity contribution >= 4 is 5.97 Å². The molecule has 15 atom stereocenters. The van der Waals surface area contributed by atoms with Crippen LogP contribution in [0.5, 0.6) is 5.75 Å². The SMILES string of the molecule is CC[C@@H]1CC[C@H](C)C[C@](C)(O)[C@H](O[C@@H]2O[C@H](C)C[C@H](N(C)C)[C@H]2O)[C@@H](C)[C@H](O[C@H]2C[C@@](C)(OC)[C@@](O)(CN(C)CCN(C)C(C)(C)c3ccccc3OC)[C@H](C)O2)[C@@H](C)C(=O)O1. The van der Waals surface area contributed by atoms with Crippen molar-refractivity contribution in [1.82, 2.24) is 14.7 Å². The Bertz CT molecular complexity index is 1570. The quantitative estimate of drug-likeness (QED) is 0.192. The zero-order valence-electron chi connectivity index (χ0n) is 41.1. The minimum absolute atomic E-state index is 0.0675. The van der Waals surface area contributed by atoms with Crippen molar-refractivity contribution in [2.24, 2.45) is 17.8 Å². The number of cyclic esters (lactones) is 1. The maximum Gasteiger partial charge on any atom is 0.311 e. The highest BCUT2D eigenvalue weighted by Gasteiger charge is 2.59. The van der Waals surface area contributed by atoms with Gasteiger partial charge in [0.1, 0.15) is 29.2 Å². The van der Waals surface area contributed by atoms with Gasteiger partial charge in [-0.3, -0.25) is 9.69 Å². The second-order valence-electron chi connectivity index (χ2n) is 20.3. The number of aliphatic hydroxyl groups is 3. The first-order valence-corrected chi connectivity index (χ1v) is 23.1.